The number of allylic oxidation sites excluding steroid dienone is 1. The van der Waals surface area contributed by atoms with Crippen LogP contribution in [0, 0.1) is 18.7 Å². The maximum Gasteiger partial charge on any atom is 0.178 e. The smallest absolute Gasteiger partial charge is 0.178 e. The van der Waals surface area contributed by atoms with Crippen molar-refractivity contribution in [2.24, 2.45) is 5.92 Å². The van der Waals surface area contributed by atoms with Gasteiger partial charge in [-0.05, 0) is 70.7 Å². The molecular weight excluding hydrogens is 431 g/mol. The first-order valence-electron chi connectivity index (χ1n) is 12.1. The van der Waals surface area contributed by atoms with Crippen LogP contribution in [0.1, 0.15) is 106 Å². The SMILES string of the molecule is CC(=O)CCC/C(C)=C/n1c(C(C)=O)cnc1C.CCCC(CCC)C(=O)c1ccc(F)cc1. The Morgan fingerprint density at radius 2 is 1.59 bits per heavy atom. The summed E-state index contributed by atoms with van der Waals surface area (Å²) in [4.78, 5) is 38.5. The van der Waals surface area contributed by atoms with Gasteiger partial charge in [0.15, 0.2) is 11.6 Å². The zero-order valence-electron chi connectivity index (χ0n) is 21.5. The Morgan fingerprint density at radius 3 is 2.09 bits per heavy atom. The van der Waals surface area contributed by atoms with Crippen LogP contribution in [0.15, 0.2) is 36.0 Å². The number of carbonyl (C=O) groups is 3. The van der Waals surface area contributed by atoms with E-state index in [9.17, 15) is 18.8 Å². The number of halogens is 1. The third-order valence-electron chi connectivity index (χ3n) is 5.57. The van der Waals surface area contributed by atoms with Crippen LogP contribution in [0.5, 0.6) is 0 Å². The summed E-state index contributed by atoms with van der Waals surface area (Å²) in [5, 5.41) is 0. The monoisotopic (exact) mass is 470 g/mol. The molecule has 0 aliphatic rings. The number of carbonyl (C=O) groups excluding carboxylic acids is 3. The number of imidazole rings is 1. The summed E-state index contributed by atoms with van der Waals surface area (Å²) in [7, 11) is 0. The van der Waals surface area contributed by atoms with E-state index < -0.39 is 0 Å². The molecule has 5 nitrogen and oxygen atoms in total. The number of hydrogen-bond acceptors (Lipinski definition) is 4. The van der Waals surface area contributed by atoms with Crippen molar-refractivity contribution in [1.29, 1.82) is 0 Å². The number of aromatic nitrogens is 2. The van der Waals surface area contributed by atoms with Gasteiger partial charge in [0.25, 0.3) is 0 Å². The van der Waals surface area contributed by atoms with Crippen LogP contribution in [0.3, 0.4) is 0 Å². The van der Waals surface area contributed by atoms with Crippen LogP contribution in [0.4, 0.5) is 4.39 Å². The predicted molar refractivity (Wildman–Crippen MR) is 135 cm³/mol. The van der Waals surface area contributed by atoms with Crippen molar-refractivity contribution in [2.75, 3.05) is 0 Å². The van der Waals surface area contributed by atoms with E-state index in [0.717, 1.165) is 49.9 Å². The molecule has 34 heavy (non-hydrogen) atoms. The van der Waals surface area contributed by atoms with Gasteiger partial charge in [0.1, 0.15) is 23.1 Å². The molecule has 0 amide bonds. The molecular formula is C28H39FN2O3. The summed E-state index contributed by atoms with van der Waals surface area (Å²) in [6.07, 6.45) is 9.70. The van der Waals surface area contributed by atoms with Crippen molar-refractivity contribution < 1.29 is 18.8 Å². The molecule has 0 atom stereocenters. The summed E-state index contributed by atoms with van der Waals surface area (Å²) >= 11 is 0. The van der Waals surface area contributed by atoms with Crippen LogP contribution < -0.4 is 0 Å². The van der Waals surface area contributed by atoms with E-state index in [1.54, 1.807) is 25.3 Å². The van der Waals surface area contributed by atoms with Gasteiger partial charge in [-0.3, -0.25) is 9.59 Å². The molecule has 0 fully saturated rings. The normalized spacial score (nSPS) is 11.2. The van der Waals surface area contributed by atoms with Crippen molar-refractivity contribution >= 4 is 23.5 Å². The summed E-state index contributed by atoms with van der Waals surface area (Å²) in [6.45, 7) is 11.2. The molecule has 186 valence electrons. The van der Waals surface area contributed by atoms with Crippen molar-refractivity contribution in [1.82, 2.24) is 9.55 Å². The van der Waals surface area contributed by atoms with Gasteiger partial charge in [0.2, 0.25) is 0 Å². The fourth-order valence-corrected chi connectivity index (χ4v) is 3.73. The lowest BCUT2D eigenvalue weighted by atomic mass is 9.90. The lowest BCUT2D eigenvalue weighted by Crippen LogP contribution is -2.14. The largest absolute Gasteiger partial charge is 0.301 e. The fourth-order valence-electron chi connectivity index (χ4n) is 3.73. The van der Waals surface area contributed by atoms with Crippen LogP contribution in [-0.2, 0) is 4.79 Å². The molecule has 2 aromatic rings. The fraction of sp³-hybridized carbons (Fsp3) is 0.500. The Labute approximate surface area is 203 Å². The highest BCUT2D eigenvalue weighted by Gasteiger charge is 2.18. The Kier molecular flexibility index (Phi) is 12.9. The summed E-state index contributed by atoms with van der Waals surface area (Å²) in [6, 6.07) is 5.86. The Morgan fingerprint density at radius 1 is 1.00 bits per heavy atom. The van der Waals surface area contributed by atoms with Crippen LogP contribution >= 0.6 is 0 Å². The number of ketones is 3. The van der Waals surface area contributed by atoms with Crippen LogP contribution in [-0.4, -0.2) is 26.9 Å². The molecule has 0 aliphatic heterocycles. The third kappa shape index (κ3) is 9.94. The summed E-state index contributed by atoms with van der Waals surface area (Å²) in [5.74, 6) is 0.976. The molecule has 0 saturated heterocycles. The first-order valence-corrected chi connectivity index (χ1v) is 12.1. The molecule has 0 bridgehead atoms. The molecule has 1 heterocycles. The average Bonchev–Trinajstić information content (AvgIpc) is 3.14. The van der Waals surface area contributed by atoms with Crippen molar-refractivity contribution in [2.45, 2.75) is 86.5 Å². The summed E-state index contributed by atoms with van der Waals surface area (Å²) in [5.41, 5.74) is 2.37. The number of benzene rings is 1. The second kappa shape index (κ2) is 15.1. The van der Waals surface area contributed by atoms with Crippen LogP contribution in [0.2, 0.25) is 0 Å². The zero-order valence-corrected chi connectivity index (χ0v) is 21.5. The minimum absolute atomic E-state index is 0.00314. The first-order chi connectivity index (χ1) is 16.1. The van der Waals surface area contributed by atoms with E-state index in [4.69, 9.17) is 0 Å². The minimum atomic E-state index is -0.293. The number of rotatable bonds is 12. The molecule has 0 unspecified atom stereocenters. The van der Waals surface area contributed by atoms with E-state index in [1.165, 1.54) is 19.1 Å². The highest BCUT2D eigenvalue weighted by atomic mass is 19.1. The number of hydrogen-bond donors (Lipinski definition) is 0. The van der Waals surface area contributed by atoms with Gasteiger partial charge in [0.05, 0.1) is 6.20 Å². The molecule has 1 aromatic heterocycles. The summed E-state index contributed by atoms with van der Waals surface area (Å²) < 4.78 is 14.5. The van der Waals surface area contributed by atoms with E-state index in [1.807, 2.05) is 24.6 Å². The number of aryl methyl sites for hydroxylation is 1. The molecule has 0 saturated carbocycles. The van der Waals surface area contributed by atoms with Crippen LogP contribution in [0.25, 0.3) is 6.20 Å². The van der Waals surface area contributed by atoms with Gasteiger partial charge >= 0.3 is 0 Å². The van der Waals surface area contributed by atoms with Crippen molar-refractivity contribution in [3.8, 4) is 0 Å². The number of Topliss-reactive ketones (excluding diaryl/α,β-unsaturated/α-hetero) is 3. The highest BCUT2D eigenvalue weighted by Crippen LogP contribution is 2.19. The maximum absolute atomic E-state index is 12.7. The molecule has 0 aliphatic carbocycles. The molecule has 0 radical (unpaired) electrons. The lowest BCUT2D eigenvalue weighted by Gasteiger charge is -2.13. The topological polar surface area (TPSA) is 69.0 Å². The molecule has 2 rings (SSSR count). The van der Waals surface area contributed by atoms with E-state index in [-0.39, 0.29) is 29.1 Å². The average molecular weight is 471 g/mol. The second-order valence-electron chi connectivity index (χ2n) is 8.79. The minimum Gasteiger partial charge on any atom is -0.301 e. The Bertz CT molecular complexity index is 968. The third-order valence-corrected chi connectivity index (χ3v) is 5.57. The van der Waals surface area contributed by atoms with Gasteiger partial charge in [-0.25, -0.2) is 9.37 Å². The highest BCUT2D eigenvalue weighted by molar-refractivity contribution is 5.97. The quantitative estimate of drug-likeness (QED) is 0.307. The van der Waals surface area contributed by atoms with E-state index in [2.05, 4.69) is 18.8 Å². The molecule has 1 aromatic carbocycles. The predicted octanol–water partition coefficient (Wildman–Crippen LogP) is 7.24. The zero-order chi connectivity index (χ0) is 25.7. The molecule has 6 heteroatoms. The first kappa shape index (κ1) is 29.1. The van der Waals surface area contributed by atoms with Crippen molar-refractivity contribution in [3.63, 3.8) is 0 Å². The lowest BCUT2D eigenvalue weighted by molar-refractivity contribution is -0.117. The Balaban J connectivity index is 0.000000342. The van der Waals surface area contributed by atoms with Gasteiger partial charge in [-0.15, -0.1) is 0 Å². The van der Waals surface area contributed by atoms with E-state index in [0.29, 0.717) is 17.7 Å². The molecule has 0 N–H and O–H groups in total. The molecule has 0 spiro atoms. The van der Waals surface area contributed by atoms with E-state index >= 15 is 0 Å². The Hall–Kier alpha value is -2.89. The maximum atomic E-state index is 12.7. The van der Waals surface area contributed by atoms with Gasteiger partial charge in [0, 0.05) is 31.0 Å². The standard InChI is InChI=1S/C14H19FO.C14H20N2O2/c1-3-5-11(6-4-2)14(16)12-7-9-13(15)10-8-12;1-10(6-5-7-11(2)17)9-16-13(4)15-8-14(16)12(3)18/h7-11H,3-6H2,1-2H3;8-9H,5-7H2,1-4H3/b;10-9+. The van der Waals surface area contributed by atoms with Gasteiger partial charge in [-0.1, -0.05) is 32.3 Å². The van der Waals surface area contributed by atoms with Gasteiger partial charge in [-0.2, -0.15) is 0 Å². The van der Waals surface area contributed by atoms with Gasteiger partial charge < -0.3 is 9.36 Å². The second-order valence-corrected chi connectivity index (χ2v) is 8.79. The number of nitrogens with zero attached hydrogens (tertiary/aromatic N) is 2. The van der Waals surface area contributed by atoms with Crippen molar-refractivity contribution in [3.05, 3.63) is 58.9 Å².